The standard InChI is InChI=1S/C10H12O3/c1-2-7-13-10(11)6-5-9-4-3-8-12-9/h3-6,8H,2,7H2,1H3/b6-5+. The number of carbonyl (C=O) groups excluding carboxylic acids is 1. The number of ether oxygens (including phenoxy) is 1. The van der Waals surface area contributed by atoms with E-state index in [-0.39, 0.29) is 5.97 Å². The first-order valence-corrected chi connectivity index (χ1v) is 4.21. The van der Waals surface area contributed by atoms with Crippen LogP contribution in [0.2, 0.25) is 0 Å². The van der Waals surface area contributed by atoms with Crippen molar-refractivity contribution in [3.05, 3.63) is 30.2 Å². The topological polar surface area (TPSA) is 39.4 Å². The van der Waals surface area contributed by atoms with Crippen molar-refractivity contribution in [3.8, 4) is 0 Å². The average molecular weight is 180 g/mol. The summed E-state index contributed by atoms with van der Waals surface area (Å²) >= 11 is 0. The van der Waals surface area contributed by atoms with Crippen LogP contribution in [0.3, 0.4) is 0 Å². The summed E-state index contributed by atoms with van der Waals surface area (Å²) in [6.45, 7) is 2.41. The Morgan fingerprint density at radius 2 is 2.54 bits per heavy atom. The van der Waals surface area contributed by atoms with Crippen LogP contribution in [0.25, 0.3) is 6.08 Å². The molecule has 3 heteroatoms. The van der Waals surface area contributed by atoms with E-state index in [1.807, 2.05) is 6.92 Å². The molecule has 0 radical (unpaired) electrons. The number of hydrogen-bond donors (Lipinski definition) is 0. The zero-order chi connectivity index (χ0) is 9.52. The highest BCUT2D eigenvalue weighted by atomic mass is 16.5. The molecule has 0 fully saturated rings. The molecule has 3 nitrogen and oxygen atoms in total. The summed E-state index contributed by atoms with van der Waals surface area (Å²) < 4.78 is 9.82. The lowest BCUT2D eigenvalue weighted by Gasteiger charge is -1.96. The van der Waals surface area contributed by atoms with Gasteiger partial charge < -0.3 is 9.15 Å². The summed E-state index contributed by atoms with van der Waals surface area (Å²) in [6, 6.07) is 3.53. The second kappa shape index (κ2) is 5.19. The van der Waals surface area contributed by atoms with Crippen molar-refractivity contribution in [2.45, 2.75) is 13.3 Å². The van der Waals surface area contributed by atoms with E-state index in [0.717, 1.165) is 6.42 Å². The molecule has 1 rings (SSSR count). The second-order valence-electron chi connectivity index (χ2n) is 2.52. The Hall–Kier alpha value is -1.51. The quantitative estimate of drug-likeness (QED) is 0.527. The Morgan fingerprint density at radius 3 is 3.15 bits per heavy atom. The fourth-order valence-corrected chi connectivity index (χ4v) is 0.787. The molecule has 1 heterocycles. The zero-order valence-corrected chi connectivity index (χ0v) is 7.53. The van der Waals surface area contributed by atoms with E-state index < -0.39 is 0 Å². The monoisotopic (exact) mass is 180 g/mol. The largest absolute Gasteiger partial charge is 0.465 e. The van der Waals surface area contributed by atoms with Gasteiger partial charge in [0, 0.05) is 6.08 Å². The second-order valence-corrected chi connectivity index (χ2v) is 2.52. The third-order valence-corrected chi connectivity index (χ3v) is 1.38. The Morgan fingerprint density at radius 1 is 1.69 bits per heavy atom. The number of carbonyl (C=O) groups is 1. The van der Waals surface area contributed by atoms with Crippen molar-refractivity contribution < 1.29 is 13.9 Å². The molecular weight excluding hydrogens is 168 g/mol. The molecule has 13 heavy (non-hydrogen) atoms. The summed E-state index contributed by atoms with van der Waals surface area (Å²) in [4.78, 5) is 10.9. The van der Waals surface area contributed by atoms with Crippen LogP contribution in [0.15, 0.2) is 28.9 Å². The maximum atomic E-state index is 10.9. The van der Waals surface area contributed by atoms with Crippen LogP contribution >= 0.6 is 0 Å². The summed E-state index contributed by atoms with van der Waals surface area (Å²) in [5, 5.41) is 0. The van der Waals surface area contributed by atoms with Crippen molar-refractivity contribution in [3.63, 3.8) is 0 Å². The Labute approximate surface area is 77.0 Å². The van der Waals surface area contributed by atoms with Gasteiger partial charge in [-0.1, -0.05) is 6.92 Å². The molecule has 1 aromatic rings. The molecule has 0 aliphatic rings. The molecule has 0 atom stereocenters. The minimum atomic E-state index is -0.335. The van der Waals surface area contributed by atoms with Gasteiger partial charge in [-0.3, -0.25) is 0 Å². The molecule has 0 saturated heterocycles. The molecule has 0 bridgehead atoms. The molecule has 0 N–H and O–H groups in total. The van der Waals surface area contributed by atoms with Crippen molar-refractivity contribution >= 4 is 12.0 Å². The summed E-state index contributed by atoms with van der Waals surface area (Å²) in [5.74, 6) is 0.312. The van der Waals surface area contributed by atoms with E-state index in [1.165, 1.54) is 6.08 Å². The molecule has 70 valence electrons. The first kappa shape index (κ1) is 9.58. The maximum absolute atomic E-state index is 10.9. The first-order valence-electron chi connectivity index (χ1n) is 4.21. The zero-order valence-electron chi connectivity index (χ0n) is 7.53. The summed E-state index contributed by atoms with van der Waals surface area (Å²) in [6.07, 6.45) is 5.32. The van der Waals surface area contributed by atoms with Crippen LogP contribution in [-0.2, 0) is 9.53 Å². The summed E-state index contributed by atoms with van der Waals surface area (Å²) in [5.41, 5.74) is 0. The van der Waals surface area contributed by atoms with E-state index in [0.29, 0.717) is 12.4 Å². The van der Waals surface area contributed by atoms with Gasteiger partial charge in [0.05, 0.1) is 12.9 Å². The Balaban J connectivity index is 2.35. The molecule has 0 saturated carbocycles. The van der Waals surface area contributed by atoms with Gasteiger partial charge in [-0.25, -0.2) is 4.79 Å². The predicted octanol–water partition coefficient (Wildman–Crippen LogP) is 2.25. The van der Waals surface area contributed by atoms with Crippen molar-refractivity contribution in [2.75, 3.05) is 6.61 Å². The highest BCUT2D eigenvalue weighted by Crippen LogP contribution is 2.02. The fourth-order valence-electron chi connectivity index (χ4n) is 0.787. The Bertz CT molecular complexity index is 272. The van der Waals surface area contributed by atoms with Crippen molar-refractivity contribution in [2.24, 2.45) is 0 Å². The van der Waals surface area contributed by atoms with E-state index >= 15 is 0 Å². The van der Waals surface area contributed by atoms with Crippen LogP contribution in [0.1, 0.15) is 19.1 Å². The summed E-state index contributed by atoms with van der Waals surface area (Å²) in [7, 11) is 0. The third-order valence-electron chi connectivity index (χ3n) is 1.38. The highest BCUT2D eigenvalue weighted by Gasteiger charge is 1.95. The lowest BCUT2D eigenvalue weighted by atomic mass is 10.4. The van der Waals surface area contributed by atoms with Crippen LogP contribution in [0.4, 0.5) is 0 Å². The molecule has 0 aliphatic heterocycles. The smallest absolute Gasteiger partial charge is 0.330 e. The van der Waals surface area contributed by atoms with E-state index in [9.17, 15) is 4.79 Å². The van der Waals surface area contributed by atoms with Crippen LogP contribution in [0.5, 0.6) is 0 Å². The normalized spacial score (nSPS) is 10.5. The van der Waals surface area contributed by atoms with Crippen molar-refractivity contribution in [1.29, 1.82) is 0 Å². The number of hydrogen-bond acceptors (Lipinski definition) is 3. The minimum Gasteiger partial charge on any atom is -0.465 e. The highest BCUT2D eigenvalue weighted by molar-refractivity contribution is 5.86. The minimum absolute atomic E-state index is 0.335. The van der Waals surface area contributed by atoms with Crippen LogP contribution < -0.4 is 0 Å². The fraction of sp³-hybridized carbons (Fsp3) is 0.300. The molecule has 1 aromatic heterocycles. The van der Waals surface area contributed by atoms with Gasteiger partial charge >= 0.3 is 5.97 Å². The van der Waals surface area contributed by atoms with Gasteiger partial charge in [-0.15, -0.1) is 0 Å². The number of furan rings is 1. The predicted molar refractivity (Wildman–Crippen MR) is 49.0 cm³/mol. The van der Waals surface area contributed by atoms with Gasteiger partial charge in [0.25, 0.3) is 0 Å². The molecule has 0 spiro atoms. The van der Waals surface area contributed by atoms with E-state index in [2.05, 4.69) is 0 Å². The van der Waals surface area contributed by atoms with Gasteiger partial charge in [0.1, 0.15) is 5.76 Å². The molecular formula is C10H12O3. The molecule has 0 unspecified atom stereocenters. The lowest BCUT2D eigenvalue weighted by Crippen LogP contribution is -2.00. The lowest BCUT2D eigenvalue weighted by molar-refractivity contribution is -0.137. The maximum Gasteiger partial charge on any atom is 0.330 e. The van der Waals surface area contributed by atoms with Gasteiger partial charge in [0.2, 0.25) is 0 Å². The van der Waals surface area contributed by atoms with E-state index in [1.54, 1.807) is 24.5 Å². The van der Waals surface area contributed by atoms with Crippen molar-refractivity contribution in [1.82, 2.24) is 0 Å². The average Bonchev–Trinajstić information content (AvgIpc) is 2.64. The first-order chi connectivity index (χ1) is 6.33. The van der Waals surface area contributed by atoms with Crippen LogP contribution in [0, 0.1) is 0 Å². The van der Waals surface area contributed by atoms with Gasteiger partial charge in [-0.2, -0.15) is 0 Å². The number of esters is 1. The van der Waals surface area contributed by atoms with Gasteiger partial charge in [-0.05, 0) is 24.6 Å². The molecule has 0 aromatic carbocycles. The SMILES string of the molecule is CCCOC(=O)/C=C/c1ccco1. The number of rotatable bonds is 4. The Kier molecular flexibility index (Phi) is 3.82. The van der Waals surface area contributed by atoms with Crippen LogP contribution in [-0.4, -0.2) is 12.6 Å². The third kappa shape index (κ3) is 3.60. The van der Waals surface area contributed by atoms with Gasteiger partial charge in [0.15, 0.2) is 0 Å². The molecule has 0 amide bonds. The molecule has 0 aliphatic carbocycles. The van der Waals surface area contributed by atoms with E-state index in [4.69, 9.17) is 9.15 Å².